The molecule has 2 heterocycles. The first-order valence-electron chi connectivity index (χ1n) is 9.37. The predicted molar refractivity (Wildman–Crippen MR) is 100 cm³/mol. The number of aromatic hydroxyl groups is 1. The van der Waals surface area contributed by atoms with Crippen molar-refractivity contribution in [1.29, 1.82) is 0 Å². The van der Waals surface area contributed by atoms with Crippen molar-refractivity contribution in [2.45, 2.75) is 43.6 Å². The largest absolute Gasteiger partial charge is 0.508 e. The maximum absolute atomic E-state index is 10.6. The molecule has 2 aliphatic heterocycles. The van der Waals surface area contributed by atoms with E-state index in [1.165, 1.54) is 12.1 Å². The molecule has 2 aliphatic rings. The van der Waals surface area contributed by atoms with Gasteiger partial charge in [-0.2, -0.15) is 0 Å². The van der Waals surface area contributed by atoms with Gasteiger partial charge in [-0.05, 0) is 29.8 Å². The third-order valence-electron chi connectivity index (χ3n) is 5.07. The molecule has 2 fully saturated rings. The van der Waals surface area contributed by atoms with E-state index >= 15 is 0 Å². The Morgan fingerprint density at radius 1 is 0.966 bits per heavy atom. The van der Waals surface area contributed by atoms with Gasteiger partial charge in [-0.3, -0.25) is 0 Å². The summed E-state index contributed by atoms with van der Waals surface area (Å²) < 4.78 is 28.1. The molecule has 0 saturated carbocycles. The Morgan fingerprint density at radius 3 is 2.38 bits per heavy atom. The molecular weight excluding hydrogens is 380 g/mol. The van der Waals surface area contributed by atoms with E-state index < -0.39 is 37.0 Å². The molecule has 2 aromatic carbocycles. The molecule has 2 aromatic rings. The van der Waals surface area contributed by atoms with Crippen molar-refractivity contribution < 1.29 is 39.0 Å². The van der Waals surface area contributed by atoms with E-state index in [0.29, 0.717) is 5.56 Å². The van der Waals surface area contributed by atoms with Crippen molar-refractivity contribution in [1.82, 2.24) is 0 Å². The van der Waals surface area contributed by atoms with Crippen LogP contribution in [0, 0.1) is 0 Å². The second-order valence-corrected chi connectivity index (χ2v) is 7.04. The number of hydrogen-bond acceptors (Lipinski definition) is 8. The maximum Gasteiger partial charge on any atom is 0.187 e. The predicted octanol–water partition coefficient (Wildman–Crippen LogP) is 1.48. The van der Waals surface area contributed by atoms with Gasteiger partial charge in [0.2, 0.25) is 0 Å². The van der Waals surface area contributed by atoms with Gasteiger partial charge in [-0.25, -0.2) is 0 Å². The van der Waals surface area contributed by atoms with Gasteiger partial charge in [0, 0.05) is 5.56 Å². The minimum Gasteiger partial charge on any atom is -0.508 e. The van der Waals surface area contributed by atoms with Gasteiger partial charge in [0.1, 0.15) is 35.9 Å². The highest BCUT2D eigenvalue weighted by atomic mass is 16.8. The first-order valence-corrected chi connectivity index (χ1v) is 9.37. The molecule has 8 heteroatoms. The molecule has 8 nitrogen and oxygen atoms in total. The number of ether oxygens (including phenoxy) is 5. The van der Waals surface area contributed by atoms with E-state index in [2.05, 4.69) is 0 Å². The van der Waals surface area contributed by atoms with Gasteiger partial charge < -0.3 is 39.0 Å². The smallest absolute Gasteiger partial charge is 0.187 e. The van der Waals surface area contributed by atoms with Crippen LogP contribution < -0.4 is 4.74 Å². The van der Waals surface area contributed by atoms with E-state index in [1.54, 1.807) is 19.2 Å². The van der Waals surface area contributed by atoms with E-state index in [4.69, 9.17) is 23.7 Å². The van der Waals surface area contributed by atoms with Crippen LogP contribution in [0.3, 0.4) is 0 Å². The van der Waals surface area contributed by atoms with Crippen molar-refractivity contribution in [2.24, 2.45) is 0 Å². The molecule has 4 rings (SSSR count). The number of benzene rings is 2. The average molecular weight is 404 g/mol. The van der Waals surface area contributed by atoms with Gasteiger partial charge in [-0.15, -0.1) is 0 Å². The molecule has 0 unspecified atom stereocenters. The molecule has 0 spiro atoms. The first-order chi connectivity index (χ1) is 14.0. The van der Waals surface area contributed by atoms with Crippen LogP contribution >= 0.6 is 0 Å². The number of phenolic OH excluding ortho intramolecular Hbond substituents is 1. The number of rotatable bonds is 5. The molecule has 0 aromatic heterocycles. The first kappa shape index (κ1) is 20.1. The standard InChI is InChI=1S/C21H24O8/c1-25-15-8-2-12(3-9-15)10-26-21-18(24)17(23)19-16(28-21)11-27-20(29-19)13-4-6-14(22)7-5-13/h2-9,16-24H,10-11H2,1H3/t16-,17-,18-,19-,20-,21-/m1/s1. The fourth-order valence-corrected chi connectivity index (χ4v) is 3.42. The number of aliphatic hydroxyl groups excluding tert-OH is 2. The van der Waals surface area contributed by atoms with Gasteiger partial charge in [-0.1, -0.05) is 24.3 Å². The number of aliphatic hydroxyl groups is 2. The minimum atomic E-state index is -1.27. The van der Waals surface area contributed by atoms with Gasteiger partial charge in [0.05, 0.1) is 20.3 Å². The molecular formula is C21H24O8. The summed E-state index contributed by atoms with van der Waals surface area (Å²) in [5.41, 5.74) is 1.57. The SMILES string of the molecule is COc1ccc(CO[C@@H]2O[C@@H]3CO[C@@H](c4ccc(O)cc4)O[C@H]3[C@H](O)[C@H]2O)cc1. The lowest BCUT2D eigenvalue weighted by molar-refractivity contribution is -0.362. The van der Waals surface area contributed by atoms with Crippen LogP contribution in [0.2, 0.25) is 0 Å². The Labute approximate surface area is 168 Å². The lowest BCUT2D eigenvalue weighted by atomic mass is 9.98. The number of phenols is 1. The third kappa shape index (κ3) is 4.37. The molecule has 0 aliphatic carbocycles. The fourth-order valence-electron chi connectivity index (χ4n) is 3.42. The number of methoxy groups -OCH3 is 1. The quantitative estimate of drug-likeness (QED) is 0.688. The monoisotopic (exact) mass is 404 g/mol. The minimum absolute atomic E-state index is 0.135. The Kier molecular flexibility index (Phi) is 6.00. The van der Waals surface area contributed by atoms with Crippen molar-refractivity contribution in [3.05, 3.63) is 59.7 Å². The summed E-state index contributed by atoms with van der Waals surface area (Å²) in [4.78, 5) is 0. The molecule has 6 atom stereocenters. The lowest BCUT2D eigenvalue weighted by Crippen LogP contribution is -2.62. The highest BCUT2D eigenvalue weighted by Gasteiger charge is 2.49. The highest BCUT2D eigenvalue weighted by molar-refractivity contribution is 5.27. The summed E-state index contributed by atoms with van der Waals surface area (Å²) >= 11 is 0. The Morgan fingerprint density at radius 2 is 1.69 bits per heavy atom. The molecule has 3 N–H and O–H groups in total. The van der Waals surface area contributed by atoms with Crippen LogP contribution in [-0.4, -0.2) is 59.7 Å². The Bertz CT molecular complexity index is 791. The van der Waals surface area contributed by atoms with Crippen molar-refractivity contribution in [3.63, 3.8) is 0 Å². The van der Waals surface area contributed by atoms with Gasteiger partial charge in [0.15, 0.2) is 12.6 Å². The lowest BCUT2D eigenvalue weighted by Gasteiger charge is -2.46. The summed E-state index contributed by atoms with van der Waals surface area (Å²) in [5.74, 6) is 0.872. The average Bonchev–Trinajstić information content (AvgIpc) is 2.76. The molecule has 0 amide bonds. The van der Waals surface area contributed by atoms with E-state index in [-0.39, 0.29) is 19.0 Å². The van der Waals surface area contributed by atoms with Crippen LogP contribution in [0.5, 0.6) is 11.5 Å². The highest BCUT2D eigenvalue weighted by Crippen LogP contribution is 2.35. The van der Waals surface area contributed by atoms with Gasteiger partial charge in [0.25, 0.3) is 0 Å². The molecule has 0 bridgehead atoms. The second kappa shape index (κ2) is 8.66. The normalized spacial score (nSPS) is 31.8. The number of hydrogen-bond donors (Lipinski definition) is 3. The van der Waals surface area contributed by atoms with Crippen LogP contribution in [0.1, 0.15) is 17.4 Å². The molecule has 156 valence electrons. The van der Waals surface area contributed by atoms with Crippen LogP contribution in [0.4, 0.5) is 0 Å². The van der Waals surface area contributed by atoms with Crippen molar-refractivity contribution in [2.75, 3.05) is 13.7 Å². The van der Waals surface area contributed by atoms with E-state index in [9.17, 15) is 15.3 Å². The maximum atomic E-state index is 10.6. The molecule has 29 heavy (non-hydrogen) atoms. The topological polar surface area (TPSA) is 107 Å². The molecule has 0 radical (unpaired) electrons. The fraction of sp³-hybridized carbons (Fsp3) is 0.429. The van der Waals surface area contributed by atoms with Crippen molar-refractivity contribution >= 4 is 0 Å². The zero-order valence-electron chi connectivity index (χ0n) is 15.9. The third-order valence-corrected chi connectivity index (χ3v) is 5.07. The molecule has 2 saturated heterocycles. The number of fused-ring (bicyclic) bond motifs is 1. The van der Waals surface area contributed by atoms with Crippen LogP contribution in [0.25, 0.3) is 0 Å². The zero-order valence-corrected chi connectivity index (χ0v) is 15.9. The zero-order chi connectivity index (χ0) is 20.4. The van der Waals surface area contributed by atoms with Crippen LogP contribution in [-0.2, 0) is 25.6 Å². The summed E-state index contributed by atoms with van der Waals surface area (Å²) in [6, 6.07) is 13.7. The van der Waals surface area contributed by atoms with Crippen LogP contribution in [0.15, 0.2) is 48.5 Å². The summed E-state index contributed by atoms with van der Waals surface area (Å²) in [6.45, 7) is 0.371. The van der Waals surface area contributed by atoms with Gasteiger partial charge >= 0.3 is 0 Å². The Hall–Kier alpha value is -2.20. The summed E-state index contributed by atoms with van der Waals surface area (Å²) in [7, 11) is 1.59. The summed E-state index contributed by atoms with van der Waals surface area (Å²) in [5, 5.41) is 30.4. The van der Waals surface area contributed by atoms with E-state index in [1.807, 2.05) is 24.3 Å². The van der Waals surface area contributed by atoms with E-state index in [0.717, 1.165) is 11.3 Å². The Balaban J connectivity index is 1.37. The second-order valence-electron chi connectivity index (χ2n) is 7.04. The summed E-state index contributed by atoms with van der Waals surface area (Å²) in [6.07, 6.45) is -5.54. The van der Waals surface area contributed by atoms with Crippen molar-refractivity contribution in [3.8, 4) is 11.5 Å².